The van der Waals surface area contributed by atoms with Crippen molar-refractivity contribution in [1.29, 1.82) is 0 Å². The quantitative estimate of drug-likeness (QED) is 0.534. The summed E-state index contributed by atoms with van der Waals surface area (Å²) in [5.74, 6) is 2.43. The van der Waals surface area contributed by atoms with Crippen LogP contribution in [0.25, 0.3) is 0 Å². The van der Waals surface area contributed by atoms with Gasteiger partial charge in [0.15, 0.2) is 0 Å². The molecule has 2 aromatic rings. The van der Waals surface area contributed by atoms with Crippen LogP contribution in [0.3, 0.4) is 0 Å². The van der Waals surface area contributed by atoms with E-state index in [0.29, 0.717) is 25.7 Å². The van der Waals surface area contributed by atoms with Gasteiger partial charge in [0.05, 0.1) is 13.2 Å². The molecule has 0 atom stereocenters. The number of hydrogen-bond acceptors (Lipinski definition) is 4. The molecule has 0 aromatic heterocycles. The molecule has 4 heteroatoms. The van der Waals surface area contributed by atoms with E-state index < -0.39 is 0 Å². The summed E-state index contributed by atoms with van der Waals surface area (Å²) in [7, 11) is 0. The third-order valence-corrected chi connectivity index (χ3v) is 3.89. The van der Waals surface area contributed by atoms with Gasteiger partial charge in [-0.3, -0.25) is 0 Å². The van der Waals surface area contributed by atoms with Gasteiger partial charge in [0, 0.05) is 24.9 Å². The first-order valence-corrected chi connectivity index (χ1v) is 9.43. The molecule has 0 bridgehead atoms. The summed E-state index contributed by atoms with van der Waals surface area (Å²) < 4.78 is 16.8. The molecule has 0 fully saturated rings. The second-order valence-electron chi connectivity index (χ2n) is 6.61. The molecule has 1 N–H and O–H groups in total. The summed E-state index contributed by atoms with van der Waals surface area (Å²) in [6.45, 7) is 9.78. The zero-order valence-corrected chi connectivity index (χ0v) is 16.2. The molecule has 0 unspecified atom stereocenters. The van der Waals surface area contributed by atoms with Crippen molar-refractivity contribution in [1.82, 2.24) is 0 Å². The Morgan fingerprint density at radius 2 is 1.62 bits per heavy atom. The lowest BCUT2D eigenvalue weighted by Crippen LogP contribution is -2.07. The SMILES string of the molecule is CCOCCOc1cccc(CNc2cccc(OCCC(C)C)c2)c1. The Bertz CT molecular complexity index is 643. The first kappa shape index (κ1) is 20.1. The van der Waals surface area contributed by atoms with Gasteiger partial charge in [-0.1, -0.05) is 32.0 Å². The molecule has 0 saturated carbocycles. The van der Waals surface area contributed by atoms with Gasteiger partial charge in [0.2, 0.25) is 0 Å². The van der Waals surface area contributed by atoms with Crippen molar-refractivity contribution in [3.63, 3.8) is 0 Å². The Labute approximate surface area is 157 Å². The van der Waals surface area contributed by atoms with E-state index in [-0.39, 0.29) is 0 Å². The summed E-state index contributed by atoms with van der Waals surface area (Å²) >= 11 is 0. The van der Waals surface area contributed by atoms with Crippen LogP contribution in [-0.4, -0.2) is 26.4 Å². The number of ether oxygens (including phenoxy) is 3. The molecule has 0 heterocycles. The molecule has 0 radical (unpaired) electrons. The fourth-order valence-electron chi connectivity index (χ4n) is 2.42. The topological polar surface area (TPSA) is 39.7 Å². The fourth-order valence-corrected chi connectivity index (χ4v) is 2.42. The Balaban J connectivity index is 1.82. The summed E-state index contributed by atoms with van der Waals surface area (Å²) in [6.07, 6.45) is 1.06. The van der Waals surface area contributed by atoms with Crippen molar-refractivity contribution in [2.75, 3.05) is 31.7 Å². The van der Waals surface area contributed by atoms with Gasteiger partial charge >= 0.3 is 0 Å². The maximum Gasteiger partial charge on any atom is 0.121 e. The zero-order chi connectivity index (χ0) is 18.6. The third kappa shape index (κ3) is 7.79. The average Bonchev–Trinajstić information content (AvgIpc) is 2.64. The van der Waals surface area contributed by atoms with Crippen LogP contribution in [0, 0.1) is 5.92 Å². The van der Waals surface area contributed by atoms with Crippen LogP contribution in [0.4, 0.5) is 5.69 Å². The fraction of sp³-hybridized carbons (Fsp3) is 0.455. The van der Waals surface area contributed by atoms with E-state index in [1.807, 2.05) is 37.3 Å². The van der Waals surface area contributed by atoms with Gasteiger partial charge in [-0.25, -0.2) is 0 Å². The van der Waals surface area contributed by atoms with Crippen molar-refractivity contribution in [3.8, 4) is 11.5 Å². The van der Waals surface area contributed by atoms with E-state index in [0.717, 1.165) is 36.8 Å². The van der Waals surface area contributed by atoms with Crippen molar-refractivity contribution in [2.45, 2.75) is 33.7 Å². The number of hydrogen-bond donors (Lipinski definition) is 1. The molecule has 0 aliphatic carbocycles. The van der Waals surface area contributed by atoms with Crippen molar-refractivity contribution >= 4 is 5.69 Å². The highest BCUT2D eigenvalue weighted by Crippen LogP contribution is 2.20. The summed E-state index contributed by atoms with van der Waals surface area (Å²) in [5, 5.41) is 3.44. The van der Waals surface area contributed by atoms with E-state index in [1.54, 1.807) is 0 Å². The van der Waals surface area contributed by atoms with Gasteiger partial charge in [-0.05, 0) is 49.1 Å². The predicted octanol–water partition coefficient (Wildman–Crippen LogP) is 5.14. The number of rotatable bonds is 12. The van der Waals surface area contributed by atoms with Gasteiger partial charge in [0.1, 0.15) is 18.1 Å². The lowest BCUT2D eigenvalue weighted by molar-refractivity contribution is 0.110. The van der Waals surface area contributed by atoms with E-state index in [2.05, 4.69) is 37.4 Å². The molecule has 0 saturated heterocycles. The molecule has 2 aromatic carbocycles. The smallest absolute Gasteiger partial charge is 0.121 e. The minimum Gasteiger partial charge on any atom is -0.494 e. The zero-order valence-electron chi connectivity index (χ0n) is 16.2. The third-order valence-electron chi connectivity index (χ3n) is 3.89. The van der Waals surface area contributed by atoms with Crippen molar-refractivity contribution in [3.05, 3.63) is 54.1 Å². The Morgan fingerprint density at radius 3 is 2.38 bits per heavy atom. The summed E-state index contributed by atoms with van der Waals surface area (Å²) in [6, 6.07) is 16.2. The monoisotopic (exact) mass is 357 g/mol. The predicted molar refractivity (Wildman–Crippen MR) is 107 cm³/mol. The highest BCUT2D eigenvalue weighted by atomic mass is 16.5. The van der Waals surface area contributed by atoms with Crippen LogP contribution in [0.5, 0.6) is 11.5 Å². The van der Waals surface area contributed by atoms with E-state index in [4.69, 9.17) is 14.2 Å². The van der Waals surface area contributed by atoms with Gasteiger partial charge in [-0.2, -0.15) is 0 Å². The van der Waals surface area contributed by atoms with Crippen LogP contribution >= 0.6 is 0 Å². The minimum atomic E-state index is 0.570. The maximum atomic E-state index is 5.82. The highest BCUT2D eigenvalue weighted by molar-refractivity contribution is 5.48. The number of nitrogens with one attached hydrogen (secondary N) is 1. The number of anilines is 1. The molecule has 0 amide bonds. The van der Waals surface area contributed by atoms with Gasteiger partial charge in [-0.15, -0.1) is 0 Å². The molecule has 0 aliphatic rings. The van der Waals surface area contributed by atoms with Crippen LogP contribution in [0.1, 0.15) is 32.8 Å². The van der Waals surface area contributed by atoms with E-state index in [9.17, 15) is 0 Å². The Hall–Kier alpha value is -2.20. The molecule has 142 valence electrons. The molecule has 0 spiro atoms. The molecule has 0 aliphatic heterocycles. The Morgan fingerprint density at radius 1 is 0.885 bits per heavy atom. The van der Waals surface area contributed by atoms with Crippen LogP contribution < -0.4 is 14.8 Å². The molecular weight excluding hydrogens is 326 g/mol. The summed E-state index contributed by atoms with van der Waals surface area (Å²) in [5.41, 5.74) is 2.22. The molecule has 4 nitrogen and oxygen atoms in total. The van der Waals surface area contributed by atoms with E-state index in [1.165, 1.54) is 5.56 Å². The Kier molecular flexibility index (Phi) is 8.84. The van der Waals surface area contributed by atoms with Crippen molar-refractivity contribution in [2.24, 2.45) is 5.92 Å². The van der Waals surface area contributed by atoms with Gasteiger partial charge in [0.25, 0.3) is 0 Å². The first-order valence-electron chi connectivity index (χ1n) is 9.43. The molecule has 2 rings (SSSR count). The standard InChI is InChI=1S/C22H31NO3/c1-4-24-13-14-26-21-9-5-7-19(15-21)17-23-20-8-6-10-22(16-20)25-12-11-18(2)3/h5-10,15-16,18,23H,4,11-14,17H2,1-3H3. The second kappa shape index (κ2) is 11.4. The lowest BCUT2D eigenvalue weighted by Gasteiger charge is -2.12. The van der Waals surface area contributed by atoms with Gasteiger partial charge < -0.3 is 19.5 Å². The first-order chi connectivity index (χ1) is 12.7. The van der Waals surface area contributed by atoms with Crippen LogP contribution in [0.15, 0.2) is 48.5 Å². The van der Waals surface area contributed by atoms with Crippen LogP contribution in [0.2, 0.25) is 0 Å². The summed E-state index contributed by atoms with van der Waals surface area (Å²) in [4.78, 5) is 0. The minimum absolute atomic E-state index is 0.570. The number of benzene rings is 2. The average molecular weight is 357 g/mol. The largest absolute Gasteiger partial charge is 0.494 e. The molecular formula is C22H31NO3. The van der Waals surface area contributed by atoms with E-state index >= 15 is 0 Å². The maximum absolute atomic E-state index is 5.82. The molecule has 26 heavy (non-hydrogen) atoms. The second-order valence-corrected chi connectivity index (χ2v) is 6.61. The van der Waals surface area contributed by atoms with Crippen molar-refractivity contribution < 1.29 is 14.2 Å². The van der Waals surface area contributed by atoms with Crippen LogP contribution in [-0.2, 0) is 11.3 Å². The lowest BCUT2D eigenvalue weighted by atomic mass is 10.1. The normalized spacial score (nSPS) is 10.8. The highest BCUT2D eigenvalue weighted by Gasteiger charge is 2.01.